The molecule has 0 amide bonds. The van der Waals surface area contributed by atoms with Gasteiger partial charge in [-0.2, -0.15) is 5.10 Å². The SMILES string of the molecule is CCn1c(Cn2cc([N+](=O)[O-])c(C)n2)cc(=O)c(C(=O)O)c1-c1ccc(Cl)c(Cl)c1. The molecule has 0 fully saturated rings. The van der Waals surface area contributed by atoms with Crippen LogP contribution in [0.4, 0.5) is 5.69 Å². The smallest absolute Gasteiger partial charge is 0.341 e. The van der Waals surface area contributed by atoms with Gasteiger partial charge in [-0.1, -0.05) is 29.3 Å². The molecule has 11 heteroatoms. The maximum absolute atomic E-state index is 12.7. The number of carbonyl (C=O) groups is 1. The summed E-state index contributed by atoms with van der Waals surface area (Å²) in [7, 11) is 0. The largest absolute Gasteiger partial charge is 0.477 e. The zero-order chi connectivity index (χ0) is 22.2. The summed E-state index contributed by atoms with van der Waals surface area (Å²) in [6, 6.07) is 5.79. The lowest BCUT2D eigenvalue weighted by Gasteiger charge is -2.20. The number of carboxylic acids is 1. The first-order chi connectivity index (χ1) is 14.1. The molecule has 0 unspecified atom stereocenters. The van der Waals surface area contributed by atoms with Crippen LogP contribution in [0.3, 0.4) is 0 Å². The molecule has 0 aliphatic carbocycles. The predicted molar refractivity (Wildman–Crippen MR) is 112 cm³/mol. The van der Waals surface area contributed by atoms with Gasteiger partial charge in [0.25, 0.3) is 0 Å². The molecule has 0 saturated carbocycles. The number of rotatable bonds is 6. The van der Waals surface area contributed by atoms with Crippen molar-refractivity contribution in [2.24, 2.45) is 0 Å². The van der Waals surface area contributed by atoms with E-state index in [2.05, 4.69) is 5.10 Å². The minimum Gasteiger partial charge on any atom is -0.477 e. The first-order valence-electron chi connectivity index (χ1n) is 8.77. The third-order valence-corrected chi connectivity index (χ3v) is 5.30. The standard InChI is InChI=1S/C19H16Cl2N4O5/c1-3-24-12(8-23-9-15(25(29)30)10(2)22-23)7-16(26)17(19(27)28)18(24)11-4-5-13(20)14(21)6-11/h4-7,9H,3,8H2,1-2H3,(H,27,28). The summed E-state index contributed by atoms with van der Waals surface area (Å²) >= 11 is 12.1. The topological polar surface area (TPSA) is 120 Å². The molecule has 0 atom stereocenters. The fraction of sp³-hybridized carbons (Fsp3) is 0.211. The van der Waals surface area contributed by atoms with Gasteiger partial charge < -0.3 is 9.67 Å². The number of nitrogens with zero attached hydrogens (tertiary/aromatic N) is 4. The molecule has 30 heavy (non-hydrogen) atoms. The fourth-order valence-electron chi connectivity index (χ4n) is 3.27. The molecule has 0 spiro atoms. The average molecular weight is 451 g/mol. The third-order valence-electron chi connectivity index (χ3n) is 4.56. The van der Waals surface area contributed by atoms with E-state index >= 15 is 0 Å². The van der Waals surface area contributed by atoms with Gasteiger partial charge in [-0.25, -0.2) is 4.79 Å². The summed E-state index contributed by atoms with van der Waals surface area (Å²) in [5.41, 5.74) is 0.00780. The fourth-order valence-corrected chi connectivity index (χ4v) is 3.57. The van der Waals surface area contributed by atoms with E-state index in [4.69, 9.17) is 23.2 Å². The molecule has 2 aromatic heterocycles. The summed E-state index contributed by atoms with van der Waals surface area (Å²) < 4.78 is 2.99. The molecule has 2 heterocycles. The molecule has 0 aliphatic rings. The van der Waals surface area contributed by atoms with E-state index in [0.717, 1.165) is 0 Å². The van der Waals surface area contributed by atoms with E-state index in [0.29, 0.717) is 17.8 Å². The zero-order valence-electron chi connectivity index (χ0n) is 15.9. The number of carboxylic acid groups (broad SMARTS) is 1. The van der Waals surface area contributed by atoms with E-state index in [9.17, 15) is 24.8 Å². The molecule has 0 bridgehead atoms. The van der Waals surface area contributed by atoms with Crippen molar-refractivity contribution in [1.82, 2.24) is 14.3 Å². The molecular weight excluding hydrogens is 435 g/mol. The Balaban J connectivity index is 2.25. The molecule has 156 valence electrons. The third kappa shape index (κ3) is 3.94. The van der Waals surface area contributed by atoms with Crippen LogP contribution in [0, 0.1) is 17.0 Å². The number of benzene rings is 1. The number of hydrogen-bond acceptors (Lipinski definition) is 5. The Morgan fingerprint density at radius 2 is 1.97 bits per heavy atom. The van der Waals surface area contributed by atoms with Crippen molar-refractivity contribution in [3.8, 4) is 11.3 Å². The Kier molecular flexibility index (Phi) is 5.95. The Morgan fingerprint density at radius 1 is 1.27 bits per heavy atom. The van der Waals surface area contributed by atoms with Gasteiger partial charge in [0, 0.05) is 23.9 Å². The Labute approximate surface area is 180 Å². The van der Waals surface area contributed by atoms with Crippen molar-refractivity contribution in [2.75, 3.05) is 0 Å². The van der Waals surface area contributed by atoms with Crippen molar-refractivity contribution < 1.29 is 14.8 Å². The molecule has 0 radical (unpaired) electrons. The van der Waals surface area contributed by atoms with Crippen LogP contribution in [0.1, 0.15) is 28.7 Å². The van der Waals surface area contributed by atoms with Gasteiger partial charge in [0.1, 0.15) is 17.5 Å². The van der Waals surface area contributed by atoms with Gasteiger partial charge in [-0.3, -0.25) is 19.6 Å². The van der Waals surface area contributed by atoms with Crippen molar-refractivity contribution in [3.63, 3.8) is 0 Å². The van der Waals surface area contributed by atoms with Gasteiger partial charge in [0.15, 0.2) is 5.43 Å². The minimum atomic E-state index is -1.37. The number of aromatic carboxylic acids is 1. The number of nitro groups is 1. The summed E-state index contributed by atoms with van der Waals surface area (Å²) in [6.07, 6.45) is 1.27. The summed E-state index contributed by atoms with van der Waals surface area (Å²) in [5.74, 6) is -1.37. The van der Waals surface area contributed by atoms with Gasteiger partial charge in [0.05, 0.1) is 27.2 Å². The van der Waals surface area contributed by atoms with E-state index in [1.807, 2.05) is 0 Å². The van der Waals surface area contributed by atoms with Gasteiger partial charge in [0.2, 0.25) is 0 Å². The molecule has 0 aliphatic heterocycles. The van der Waals surface area contributed by atoms with E-state index in [-0.39, 0.29) is 33.7 Å². The number of halogens is 2. The van der Waals surface area contributed by atoms with Gasteiger partial charge in [-0.15, -0.1) is 0 Å². The number of aromatic nitrogens is 3. The number of aryl methyl sites for hydroxylation is 1. The molecule has 1 aromatic carbocycles. The molecule has 1 N–H and O–H groups in total. The van der Waals surface area contributed by atoms with Gasteiger partial charge in [-0.05, 0) is 26.0 Å². The second-order valence-electron chi connectivity index (χ2n) is 6.46. The second-order valence-corrected chi connectivity index (χ2v) is 7.27. The van der Waals surface area contributed by atoms with E-state index in [1.54, 1.807) is 17.6 Å². The first-order valence-corrected chi connectivity index (χ1v) is 9.53. The average Bonchev–Trinajstić information content (AvgIpc) is 3.03. The van der Waals surface area contributed by atoms with Crippen molar-refractivity contribution in [3.05, 3.63) is 77.8 Å². The maximum atomic E-state index is 12.7. The Hall–Kier alpha value is -3.17. The second kappa shape index (κ2) is 8.29. The van der Waals surface area contributed by atoms with Crippen LogP contribution in [0.2, 0.25) is 10.0 Å². The Morgan fingerprint density at radius 3 is 2.50 bits per heavy atom. The lowest BCUT2D eigenvalue weighted by Crippen LogP contribution is -2.24. The summed E-state index contributed by atoms with van der Waals surface area (Å²) in [4.78, 5) is 35.1. The zero-order valence-corrected chi connectivity index (χ0v) is 17.4. The highest BCUT2D eigenvalue weighted by molar-refractivity contribution is 6.42. The monoisotopic (exact) mass is 450 g/mol. The Bertz CT molecular complexity index is 1230. The maximum Gasteiger partial charge on any atom is 0.341 e. The highest BCUT2D eigenvalue weighted by Gasteiger charge is 2.23. The van der Waals surface area contributed by atoms with Crippen LogP contribution in [-0.2, 0) is 13.1 Å². The minimum absolute atomic E-state index is 0.0337. The summed E-state index contributed by atoms with van der Waals surface area (Å²) in [5, 5.41) is 25.4. The predicted octanol–water partition coefficient (Wildman–Crippen LogP) is 4.00. The molecular formula is C19H16Cl2N4O5. The van der Waals surface area contributed by atoms with Crippen LogP contribution >= 0.6 is 23.2 Å². The lowest BCUT2D eigenvalue weighted by molar-refractivity contribution is -0.385. The first kappa shape index (κ1) is 21.5. The van der Waals surface area contributed by atoms with Crippen LogP contribution in [0.25, 0.3) is 11.3 Å². The highest BCUT2D eigenvalue weighted by Crippen LogP contribution is 2.31. The quantitative estimate of drug-likeness (QED) is 0.447. The summed E-state index contributed by atoms with van der Waals surface area (Å²) in [6.45, 7) is 3.66. The van der Waals surface area contributed by atoms with E-state index < -0.39 is 21.9 Å². The number of pyridine rings is 1. The van der Waals surface area contributed by atoms with E-state index in [1.165, 1.54) is 36.0 Å². The van der Waals surface area contributed by atoms with Gasteiger partial charge >= 0.3 is 11.7 Å². The van der Waals surface area contributed by atoms with Crippen molar-refractivity contribution >= 4 is 34.9 Å². The molecule has 3 aromatic rings. The highest BCUT2D eigenvalue weighted by atomic mass is 35.5. The van der Waals surface area contributed by atoms with Crippen molar-refractivity contribution in [1.29, 1.82) is 0 Å². The van der Waals surface area contributed by atoms with Crippen LogP contribution in [0.15, 0.2) is 35.3 Å². The van der Waals surface area contributed by atoms with Crippen molar-refractivity contribution in [2.45, 2.75) is 26.9 Å². The molecule has 9 nitrogen and oxygen atoms in total. The van der Waals surface area contributed by atoms with Crippen LogP contribution in [0.5, 0.6) is 0 Å². The molecule has 0 saturated heterocycles. The van der Waals surface area contributed by atoms with Crippen LogP contribution in [-0.4, -0.2) is 30.3 Å². The normalized spacial score (nSPS) is 10.9. The number of hydrogen-bond donors (Lipinski definition) is 1. The lowest BCUT2D eigenvalue weighted by atomic mass is 10.0. The molecule has 3 rings (SSSR count). The van der Waals surface area contributed by atoms with Crippen LogP contribution < -0.4 is 5.43 Å².